The fourth-order valence-corrected chi connectivity index (χ4v) is 3.29. The Morgan fingerprint density at radius 1 is 1.07 bits per heavy atom. The number of para-hydroxylation sites is 1. The average Bonchev–Trinajstić information content (AvgIpc) is 2.72. The number of hydrogen-bond donors (Lipinski definition) is 1. The van der Waals surface area contributed by atoms with Gasteiger partial charge in [0.1, 0.15) is 11.6 Å². The molecule has 0 bridgehead atoms. The van der Waals surface area contributed by atoms with E-state index in [1.807, 2.05) is 29.2 Å². The Bertz CT molecular complexity index is 743. The van der Waals surface area contributed by atoms with E-state index in [-0.39, 0.29) is 11.7 Å². The first-order valence-electron chi connectivity index (χ1n) is 9.28. The van der Waals surface area contributed by atoms with Crippen molar-refractivity contribution >= 4 is 11.6 Å². The number of nitrogens with one attached hydrogen (secondary N) is 1. The van der Waals surface area contributed by atoms with Crippen LogP contribution in [0.4, 0.5) is 10.1 Å². The molecule has 6 heteroatoms. The Kier molecular flexibility index (Phi) is 6.65. The SMILES string of the molecule is COc1ccccc1CNCCC(=O)N1CCN(c2ccc(F)cc2)CC1. The Morgan fingerprint density at radius 2 is 1.78 bits per heavy atom. The van der Waals surface area contributed by atoms with Crippen LogP contribution in [0.1, 0.15) is 12.0 Å². The van der Waals surface area contributed by atoms with Crippen molar-refractivity contribution in [1.29, 1.82) is 0 Å². The highest BCUT2D eigenvalue weighted by Crippen LogP contribution is 2.18. The Morgan fingerprint density at radius 3 is 2.48 bits per heavy atom. The van der Waals surface area contributed by atoms with Crippen LogP contribution in [0.25, 0.3) is 0 Å². The number of methoxy groups -OCH3 is 1. The van der Waals surface area contributed by atoms with Gasteiger partial charge >= 0.3 is 0 Å². The number of amides is 1. The van der Waals surface area contributed by atoms with Crippen LogP contribution in [0, 0.1) is 5.82 Å². The summed E-state index contributed by atoms with van der Waals surface area (Å²) in [5.41, 5.74) is 2.09. The molecular formula is C21H26FN3O2. The topological polar surface area (TPSA) is 44.8 Å². The highest BCUT2D eigenvalue weighted by atomic mass is 19.1. The zero-order valence-electron chi connectivity index (χ0n) is 15.7. The Hall–Kier alpha value is -2.60. The molecule has 1 aliphatic rings. The highest BCUT2D eigenvalue weighted by molar-refractivity contribution is 5.76. The van der Waals surface area contributed by atoms with E-state index in [2.05, 4.69) is 10.2 Å². The van der Waals surface area contributed by atoms with E-state index >= 15 is 0 Å². The Balaban J connectivity index is 1.39. The summed E-state index contributed by atoms with van der Waals surface area (Å²) in [6, 6.07) is 14.4. The average molecular weight is 371 g/mol. The molecule has 1 heterocycles. The lowest BCUT2D eigenvalue weighted by Crippen LogP contribution is -2.49. The number of halogens is 1. The fraction of sp³-hybridized carbons (Fsp3) is 0.381. The number of hydrogen-bond acceptors (Lipinski definition) is 4. The molecular weight excluding hydrogens is 345 g/mol. The second-order valence-electron chi connectivity index (χ2n) is 6.58. The molecule has 5 nitrogen and oxygen atoms in total. The van der Waals surface area contributed by atoms with Crippen LogP contribution in [0.15, 0.2) is 48.5 Å². The van der Waals surface area contributed by atoms with Crippen LogP contribution >= 0.6 is 0 Å². The maximum Gasteiger partial charge on any atom is 0.223 e. The lowest BCUT2D eigenvalue weighted by atomic mass is 10.2. The molecule has 1 aliphatic heterocycles. The van der Waals surface area contributed by atoms with Crippen molar-refractivity contribution in [1.82, 2.24) is 10.2 Å². The third-order valence-corrected chi connectivity index (χ3v) is 4.85. The lowest BCUT2D eigenvalue weighted by molar-refractivity contribution is -0.131. The van der Waals surface area contributed by atoms with Gasteiger partial charge in [0.25, 0.3) is 0 Å². The summed E-state index contributed by atoms with van der Waals surface area (Å²) in [6.45, 7) is 4.24. The summed E-state index contributed by atoms with van der Waals surface area (Å²) in [6.07, 6.45) is 0.478. The number of rotatable bonds is 7. The minimum Gasteiger partial charge on any atom is -0.496 e. The van der Waals surface area contributed by atoms with Gasteiger partial charge in [0, 0.05) is 56.9 Å². The van der Waals surface area contributed by atoms with Crippen molar-refractivity contribution in [3.63, 3.8) is 0 Å². The molecule has 1 saturated heterocycles. The van der Waals surface area contributed by atoms with Crippen LogP contribution in [-0.2, 0) is 11.3 Å². The Labute approximate surface area is 159 Å². The molecule has 0 unspecified atom stereocenters. The minimum atomic E-state index is -0.229. The quantitative estimate of drug-likeness (QED) is 0.760. The van der Waals surface area contributed by atoms with Crippen LogP contribution in [-0.4, -0.2) is 50.6 Å². The molecule has 1 fully saturated rings. The maximum absolute atomic E-state index is 13.0. The first-order valence-corrected chi connectivity index (χ1v) is 9.28. The number of nitrogens with zero attached hydrogens (tertiary/aromatic N) is 2. The van der Waals surface area contributed by atoms with Gasteiger partial charge in [-0.3, -0.25) is 4.79 Å². The first kappa shape index (κ1) is 19.2. The number of piperazine rings is 1. The second-order valence-corrected chi connectivity index (χ2v) is 6.58. The normalized spacial score (nSPS) is 14.3. The van der Waals surface area contributed by atoms with E-state index in [0.717, 1.165) is 30.1 Å². The highest BCUT2D eigenvalue weighted by Gasteiger charge is 2.20. The van der Waals surface area contributed by atoms with E-state index in [0.29, 0.717) is 32.6 Å². The van der Waals surface area contributed by atoms with Gasteiger partial charge in [0.2, 0.25) is 5.91 Å². The van der Waals surface area contributed by atoms with Crippen molar-refractivity contribution in [2.45, 2.75) is 13.0 Å². The summed E-state index contributed by atoms with van der Waals surface area (Å²) in [5.74, 6) is 0.794. The first-order chi connectivity index (χ1) is 13.2. The number of carbonyl (C=O) groups is 1. The van der Waals surface area contributed by atoms with Gasteiger partial charge in [0.05, 0.1) is 7.11 Å². The lowest BCUT2D eigenvalue weighted by Gasteiger charge is -2.36. The fourth-order valence-electron chi connectivity index (χ4n) is 3.29. The van der Waals surface area contributed by atoms with E-state index in [9.17, 15) is 9.18 Å². The van der Waals surface area contributed by atoms with Crippen molar-refractivity contribution < 1.29 is 13.9 Å². The second kappa shape index (κ2) is 9.37. The number of carbonyl (C=O) groups excluding carboxylic acids is 1. The van der Waals surface area contributed by atoms with Crippen LogP contribution in [0.2, 0.25) is 0 Å². The molecule has 0 aromatic heterocycles. The van der Waals surface area contributed by atoms with Crippen molar-refractivity contribution in [2.24, 2.45) is 0 Å². The summed E-state index contributed by atoms with van der Waals surface area (Å²) in [4.78, 5) is 16.5. The predicted molar refractivity (Wildman–Crippen MR) is 105 cm³/mol. The molecule has 144 valence electrons. The molecule has 3 rings (SSSR count). The molecule has 0 radical (unpaired) electrons. The summed E-state index contributed by atoms with van der Waals surface area (Å²) >= 11 is 0. The van der Waals surface area contributed by atoms with Gasteiger partial charge < -0.3 is 19.9 Å². The van der Waals surface area contributed by atoms with Crippen LogP contribution < -0.4 is 15.0 Å². The van der Waals surface area contributed by atoms with Gasteiger partial charge in [-0.2, -0.15) is 0 Å². The summed E-state index contributed by atoms with van der Waals surface area (Å²) in [7, 11) is 1.66. The molecule has 2 aromatic carbocycles. The van der Waals surface area contributed by atoms with Gasteiger partial charge in [-0.1, -0.05) is 18.2 Å². The van der Waals surface area contributed by atoms with E-state index in [1.54, 1.807) is 19.2 Å². The minimum absolute atomic E-state index is 0.168. The largest absolute Gasteiger partial charge is 0.496 e. The zero-order chi connectivity index (χ0) is 19.1. The van der Waals surface area contributed by atoms with E-state index in [1.165, 1.54) is 12.1 Å². The number of ether oxygens (including phenoxy) is 1. The molecule has 0 aliphatic carbocycles. The van der Waals surface area contributed by atoms with Crippen LogP contribution in [0.3, 0.4) is 0 Å². The van der Waals surface area contributed by atoms with Gasteiger partial charge in [-0.25, -0.2) is 4.39 Å². The summed E-state index contributed by atoms with van der Waals surface area (Å²) in [5, 5.41) is 3.31. The summed E-state index contributed by atoms with van der Waals surface area (Å²) < 4.78 is 18.4. The molecule has 1 N–H and O–H groups in total. The zero-order valence-corrected chi connectivity index (χ0v) is 15.7. The molecule has 27 heavy (non-hydrogen) atoms. The van der Waals surface area contributed by atoms with Crippen molar-refractivity contribution in [3.8, 4) is 5.75 Å². The number of benzene rings is 2. The van der Waals surface area contributed by atoms with E-state index < -0.39 is 0 Å². The van der Waals surface area contributed by atoms with Crippen LogP contribution in [0.5, 0.6) is 5.75 Å². The third kappa shape index (κ3) is 5.20. The molecule has 0 atom stereocenters. The third-order valence-electron chi connectivity index (χ3n) is 4.85. The molecule has 1 amide bonds. The van der Waals surface area contributed by atoms with E-state index in [4.69, 9.17) is 4.74 Å². The molecule has 0 spiro atoms. The van der Waals surface area contributed by atoms with Gasteiger partial charge in [0.15, 0.2) is 0 Å². The number of anilines is 1. The van der Waals surface area contributed by atoms with Gasteiger partial charge in [-0.05, 0) is 30.3 Å². The van der Waals surface area contributed by atoms with Crippen molar-refractivity contribution in [3.05, 3.63) is 59.9 Å². The monoisotopic (exact) mass is 371 g/mol. The maximum atomic E-state index is 13.0. The van der Waals surface area contributed by atoms with Gasteiger partial charge in [-0.15, -0.1) is 0 Å². The molecule has 2 aromatic rings. The van der Waals surface area contributed by atoms with Crippen molar-refractivity contribution in [2.75, 3.05) is 44.7 Å². The molecule has 0 saturated carbocycles. The standard InChI is InChI=1S/C21H26FN3O2/c1-27-20-5-3-2-4-17(20)16-23-11-10-21(26)25-14-12-24(13-15-25)19-8-6-18(22)7-9-19/h2-9,23H,10-16H2,1H3. The predicted octanol–water partition coefficient (Wildman–Crippen LogP) is 2.66. The smallest absolute Gasteiger partial charge is 0.223 e.